The van der Waals surface area contributed by atoms with Gasteiger partial charge in [-0.05, 0) is 24.6 Å². The number of ether oxygens (including phenoxy) is 2. The lowest BCUT2D eigenvalue weighted by Gasteiger charge is -2.25. The first kappa shape index (κ1) is 13.6. The van der Waals surface area contributed by atoms with E-state index in [0.29, 0.717) is 18.8 Å². The van der Waals surface area contributed by atoms with Crippen molar-refractivity contribution in [3.05, 3.63) is 59.4 Å². The zero-order valence-corrected chi connectivity index (χ0v) is 11.6. The van der Waals surface area contributed by atoms with Crippen LogP contribution in [0.3, 0.4) is 0 Å². The van der Waals surface area contributed by atoms with Crippen molar-refractivity contribution in [3.63, 3.8) is 0 Å². The molecule has 0 aromatic heterocycles. The number of fused-ring (bicyclic) bond motifs is 1. The molecule has 2 aromatic carbocycles. The Morgan fingerprint density at radius 3 is 2.86 bits per heavy atom. The summed E-state index contributed by atoms with van der Waals surface area (Å²) in [5.74, 6) is -0.258. The molecule has 1 aliphatic rings. The Morgan fingerprint density at radius 1 is 1.24 bits per heavy atom. The molecule has 0 spiro atoms. The van der Waals surface area contributed by atoms with Crippen LogP contribution in [0.4, 0.5) is 4.39 Å². The van der Waals surface area contributed by atoms with Gasteiger partial charge < -0.3 is 9.47 Å². The molecule has 0 saturated carbocycles. The number of carbonyl (C=O) groups excluding carboxylic acids is 1. The van der Waals surface area contributed by atoms with Gasteiger partial charge in [0.1, 0.15) is 17.3 Å². The SMILES string of the molecule is COc1cccc(F)c1C(=O)C1CCOc2ccccc21. The third-order valence-corrected chi connectivity index (χ3v) is 3.72. The fraction of sp³-hybridized carbons (Fsp3) is 0.235. The minimum Gasteiger partial charge on any atom is -0.496 e. The topological polar surface area (TPSA) is 35.5 Å². The van der Waals surface area contributed by atoms with Crippen molar-refractivity contribution in [2.24, 2.45) is 0 Å². The van der Waals surface area contributed by atoms with Crippen LogP contribution in [0.1, 0.15) is 28.3 Å². The van der Waals surface area contributed by atoms with Crippen molar-refractivity contribution in [1.82, 2.24) is 0 Å². The van der Waals surface area contributed by atoms with Gasteiger partial charge in [-0.15, -0.1) is 0 Å². The Labute approximate surface area is 122 Å². The van der Waals surface area contributed by atoms with Gasteiger partial charge in [0.15, 0.2) is 5.78 Å². The van der Waals surface area contributed by atoms with E-state index in [1.165, 1.54) is 19.2 Å². The quantitative estimate of drug-likeness (QED) is 0.809. The van der Waals surface area contributed by atoms with E-state index in [1.54, 1.807) is 6.07 Å². The second-order valence-electron chi connectivity index (χ2n) is 4.91. The highest BCUT2D eigenvalue weighted by atomic mass is 19.1. The van der Waals surface area contributed by atoms with Crippen LogP contribution in [0.15, 0.2) is 42.5 Å². The lowest BCUT2D eigenvalue weighted by Crippen LogP contribution is -2.22. The number of hydrogen-bond donors (Lipinski definition) is 0. The first-order valence-corrected chi connectivity index (χ1v) is 6.81. The van der Waals surface area contributed by atoms with Gasteiger partial charge in [-0.25, -0.2) is 4.39 Å². The first-order valence-electron chi connectivity index (χ1n) is 6.81. The van der Waals surface area contributed by atoms with Crippen molar-refractivity contribution in [1.29, 1.82) is 0 Å². The lowest BCUT2D eigenvalue weighted by atomic mass is 9.86. The van der Waals surface area contributed by atoms with Crippen LogP contribution in [-0.2, 0) is 0 Å². The van der Waals surface area contributed by atoms with Gasteiger partial charge in [0.05, 0.1) is 25.2 Å². The summed E-state index contributed by atoms with van der Waals surface area (Å²) in [5, 5.41) is 0. The number of para-hydroxylation sites is 1. The van der Waals surface area contributed by atoms with Gasteiger partial charge in [-0.1, -0.05) is 24.3 Å². The van der Waals surface area contributed by atoms with Gasteiger partial charge in [0, 0.05) is 5.56 Å². The third kappa shape index (κ3) is 2.37. The molecule has 0 radical (unpaired) electrons. The number of benzene rings is 2. The van der Waals surface area contributed by atoms with Crippen LogP contribution >= 0.6 is 0 Å². The van der Waals surface area contributed by atoms with Crippen molar-refractivity contribution in [3.8, 4) is 11.5 Å². The first-order chi connectivity index (χ1) is 10.2. The fourth-order valence-electron chi connectivity index (χ4n) is 2.70. The Morgan fingerprint density at radius 2 is 2.05 bits per heavy atom. The molecule has 3 nitrogen and oxygen atoms in total. The highest BCUT2D eigenvalue weighted by Crippen LogP contribution is 2.37. The van der Waals surface area contributed by atoms with Crippen molar-refractivity contribution in [2.75, 3.05) is 13.7 Å². The zero-order valence-electron chi connectivity index (χ0n) is 11.6. The van der Waals surface area contributed by atoms with Crippen LogP contribution in [0, 0.1) is 5.82 Å². The molecule has 1 aliphatic heterocycles. The lowest BCUT2D eigenvalue weighted by molar-refractivity contribution is 0.0925. The maximum absolute atomic E-state index is 14.1. The highest BCUT2D eigenvalue weighted by Gasteiger charge is 2.31. The second kappa shape index (κ2) is 5.56. The number of hydrogen-bond acceptors (Lipinski definition) is 3. The summed E-state index contributed by atoms with van der Waals surface area (Å²) in [5.41, 5.74) is 0.820. The van der Waals surface area contributed by atoms with Crippen LogP contribution in [0.25, 0.3) is 0 Å². The Bertz CT molecular complexity index is 681. The molecule has 2 aromatic rings. The molecule has 1 atom stereocenters. The van der Waals surface area contributed by atoms with E-state index in [1.807, 2.05) is 24.3 Å². The van der Waals surface area contributed by atoms with E-state index in [-0.39, 0.29) is 17.1 Å². The van der Waals surface area contributed by atoms with Gasteiger partial charge >= 0.3 is 0 Å². The van der Waals surface area contributed by atoms with Gasteiger partial charge in [-0.3, -0.25) is 4.79 Å². The minimum absolute atomic E-state index is 0.0155. The molecule has 0 N–H and O–H groups in total. The molecule has 0 fully saturated rings. The van der Waals surface area contributed by atoms with E-state index < -0.39 is 11.7 Å². The number of carbonyl (C=O) groups is 1. The zero-order chi connectivity index (χ0) is 14.8. The Kier molecular flexibility index (Phi) is 3.60. The molecule has 0 aliphatic carbocycles. The normalized spacial score (nSPS) is 16.8. The maximum Gasteiger partial charge on any atom is 0.177 e. The van der Waals surface area contributed by atoms with E-state index in [2.05, 4.69) is 0 Å². The monoisotopic (exact) mass is 286 g/mol. The van der Waals surface area contributed by atoms with Crippen molar-refractivity contribution >= 4 is 5.78 Å². The van der Waals surface area contributed by atoms with E-state index >= 15 is 0 Å². The number of methoxy groups -OCH3 is 1. The summed E-state index contributed by atoms with van der Waals surface area (Å²) in [6, 6.07) is 11.8. The number of Topliss-reactive ketones (excluding diaryl/α,β-unsaturated/α-hetero) is 1. The third-order valence-electron chi connectivity index (χ3n) is 3.72. The molecule has 108 valence electrons. The molecule has 0 amide bonds. The molecular weight excluding hydrogens is 271 g/mol. The minimum atomic E-state index is -0.552. The van der Waals surface area contributed by atoms with E-state index in [0.717, 1.165) is 5.56 Å². The van der Waals surface area contributed by atoms with Crippen LogP contribution < -0.4 is 9.47 Å². The average molecular weight is 286 g/mol. The van der Waals surface area contributed by atoms with Gasteiger partial charge in [-0.2, -0.15) is 0 Å². The van der Waals surface area contributed by atoms with Crippen LogP contribution in [-0.4, -0.2) is 19.5 Å². The van der Waals surface area contributed by atoms with Crippen LogP contribution in [0.2, 0.25) is 0 Å². The largest absolute Gasteiger partial charge is 0.496 e. The van der Waals surface area contributed by atoms with Crippen molar-refractivity contribution < 1.29 is 18.7 Å². The highest BCUT2D eigenvalue weighted by molar-refractivity contribution is 6.03. The molecule has 0 bridgehead atoms. The predicted molar refractivity (Wildman–Crippen MR) is 76.6 cm³/mol. The predicted octanol–water partition coefficient (Wildman–Crippen LogP) is 3.58. The van der Waals surface area contributed by atoms with Gasteiger partial charge in [0.2, 0.25) is 0 Å². The van der Waals surface area contributed by atoms with Gasteiger partial charge in [0.25, 0.3) is 0 Å². The molecule has 21 heavy (non-hydrogen) atoms. The maximum atomic E-state index is 14.1. The Balaban J connectivity index is 2.05. The molecule has 0 saturated heterocycles. The molecule has 1 heterocycles. The second-order valence-corrected chi connectivity index (χ2v) is 4.91. The summed E-state index contributed by atoms with van der Waals surface area (Å²) in [6.45, 7) is 0.449. The summed E-state index contributed by atoms with van der Waals surface area (Å²) >= 11 is 0. The molecule has 4 heteroatoms. The van der Waals surface area contributed by atoms with Crippen LogP contribution in [0.5, 0.6) is 11.5 Å². The summed E-state index contributed by atoms with van der Waals surface area (Å²) < 4.78 is 24.8. The number of ketones is 1. The van der Waals surface area contributed by atoms with E-state index in [4.69, 9.17) is 9.47 Å². The summed E-state index contributed by atoms with van der Waals surface area (Å²) in [7, 11) is 1.43. The standard InChI is InChI=1S/C17H15FO3/c1-20-15-8-4-6-13(18)16(15)17(19)12-9-10-21-14-7-3-2-5-11(12)14/h2-8,12H,9-10H2,1H3. The molecule has 1 unspecified atom stereocenters. The average Bonchev–Trinajstić information content (AvgIpc) is 2.53. The fourth-order valence-corrected chi connectivity index (χ4v) is 2.70. The van der Waals surface area contributed by atoms with E-state index in [9.17, 15) is 9.18 Å². The van der Waals surface area contributed by atoms with Crippen molar-refractivity contribution in [2.45, 2.75) is 12.3 Å². The summed E-state index contributed by atoms with van der Waals surface area (Å²) in [4.78, 5) is 12.8. The molecule has 3 rings (SSSR count). The number of halogens is 1. The number of rotatable bonds is 3. The Hall–Kier alpha value is -2.36. The molecular formula is C17H15FO3. The summed E-state index contributed by atoms with van der Waals surface area (Å²) in [6.07, 6.45) is 0.535. The smallest absolute Gasteiger partial charge is 0.177 e.